The van der Waals surface area contributed by atoms with E-state index in [0.717, 1.165) is 27.0 Å². The Hall–Kier alpha value is -3.85. The Labute approximate surface area is 201 Å². The van der Waals surface area contributed by atoms with Gasteiger partial charge in [-0.2, -0.15) is 0 Å². The van der Waals surface area contributed by atoms with Crippen molar-refractivity contribution >= 4 is 34.0 Å². The first-order valence-electron chi connectivity index (χ1n) is 10.7. The Morgan fingerprint density at radius 1 is 0.941 bits per heavy atom. The number of nitrogens with one attached hydrogen (secondary N) is 2. The van der Waals surface area contributed by atoms with E-state index >= 15 is 0 Å². The number of pyridine rings is 1. The van der Waals surface area contributed by atoms with E-state index in [9.17, 15) is 4.79 Å². The quantitative estimate of drug-likeness (QED) is 0.338. The van der Waals surface area contributed by atoms with Gasteiger partial charge < -0.3 is 24.8 Å². The van der Waals surface area contributed by atoms with E-state index in [4.69, 9.17) is 14.2 Å². The summed E-state index contributed by atoms with van der Waals surface area (Å²) in [6.45, 7) is 5.75. The van der Waals surface area contributed by atoms with Crippen molar-refractivity contribution in [2.45, 2.75) is 26.8 Å². The van der Waals surface area contributed by atoms with Gasteiger partial charge in [0, 0.05) is 34.9 Å². The highest BCUT2D eigenvalue weighted by Gasteiger charge is 2.15. The van der Waals surface area contributed by atoms with Crippen molar-refractivity contribution in [3.63, 3.8) is 0 Å². The second-order valence-electron chi connectivity index (χ2n) is 7.76. The predicted octanol–water partition coefficient (Wildman–Crippen LogP) is 6.00. The Balaban J connectivity index is 1.55. The Kier molecular flexibility index (Phi) is 6.83. The molecule has 2 N–H and O–H groups in total. The summed E-state index contributed by atoms with van der Waals surface area (Å²) in [6, 6.07) is 8.80. The third kappa shape index (κ3) is 4.89. The molecule has 0 aliphatic heterocycles. The molecule has 176 valence electrons. The second kappa shape index (κ2) is 9.96. The fraction of sp³-hybridized carbons (Fsp3) is 0.240. The summed E-state index contributed by atoms with van der Waals surface area (Å²) in [5.74, 6) is 2.52. The van der Waals surface area contributed by atoms with Crippen LogP contribution >= 0.6 is 11.3 Å². The molecule has 9 heteroatoms. The van der Waals surface area contributed by atoms with Gasteiger partial charge in [0.2, 0.25) is 0 Å². The lowest BCUT2D eigenvalue weighted by Gasteiger charge is -2.17. The molecule has 0 fully saturated rings. The molecular weight excluding hydrogens is 452 g/mol. The lowest BCUT2D eigenvalue weighted by atomic mass is 10.1. The standard InChI is InChI=1S/C25H26N4O4S/c1-14-11-21(15(2)10-18(14)29-25(30)28-16(3)24-27-8-9-34-24)33-20-6-7-26-19-13-23(32-5)22(31-4)12-17(19)20/h6-13,16H,1-5H3,(H2,28,29,30)/t16-/m0/s1. The molecule has 4 aromatic rings. The lowest BCUT2D eigenvalue weighted by molar-refractivity contribution is 0.249. The minimum absolute atomic E-state index is 0.181. The highest BCUT2D eigenvalue weighted by atomic mass is 32.1. The number of fused-ring (bicyclic) bond motifs is 1. The van der Waals surface area contributed by atoms with Crippen LogP contribution in [-0.4, -0.2) is 30.2 Å². The van der Waals surface area contributed by atoms with Gasteiger partial charge in [-0.3, -0.25) is 4.98 Å². The number of carbonyl (C=O) groups is 1. The zero-order valence-corrected chi connectivity index (χ0v) is 20.4. The summed E-state index contributed by atoms with van der Waals surface area (Å²) in [5.41, 5.74) is 3.18. The molecule has 0 saturated carbocycles. The average Bonchev–Trinajstić information content (AvgIpc) is 3.36. The monoisotopic (exact) mass is 478 g/mol. The maximum Gasteiger partial charge on any atom is 0.319 e. The van der Waals surface area contributed by atoms with Crippen molar-refractivity contribution < 1.29 is 19.0 Å². The largest absolute Gasteiger partial charge is 0.493 e. The maximum absolute atomic E-state index is 12.5. The Bertz CT molecular complexity index is 1320. The topological polar surface area (TPSA) is 94.6 Å². The van der Waals surface area contributed by atoms with Crippen molar-refractivity contribution in [2.24, 2.45) is 0 Å². The van der Waals surface area contributed by atoms with Crippen molar-refractivity contribution in [1.29, 1.82) is 0 Å². The fourth-order valence-corrected chi connectivity index (χ4v) is 4.20. The highest BCUT2D eigenvalue weighted by Crippen LogP contribution is 2.38. The first-order valence-corrected chi connectivity index (χ1v) is 11.5. The number of anilines is 1. The number of thiazole rings is 1. The zero-order chi connectivity index (χ0) is 24.2. The number of hydrogen-bond acceptors (Lipinski definition) is 7. The Morgan fingerprint density at radius 3 is 2.41 bits per heavy atom. The number of nitrogens with zero attached hydrogens (tertiary/aromatic N) is 2. The molecule has 2 aromatic heterocycles. The van der Waals surface area contributed by atoms with Gasteiger partial charge in [0.25, 0.3) is 0 Å². The van der Waals surface area contributed by atoms with Gasteiger partial charge in [-0.25, -0.2) is 9.78 Å². The van der Waals surface area contributed by atoms with Crippen LogP contribution in [0.3, 0.4) is 0 Å². The van der Waals surface area contributed by atoms with Crippen LogP contribution in [0.4, 0.5) is 10.5 Å². The SMILES string of the molecule is COc1cc2nccc(Oc3cc(C)c(NC(=O)N[C@@H](C)c4nccs4)cc3C)c2cc1OC. The van der Waals surface area contributed by atoms with Gasteiger partial charge in [0.1, 0.15) is 16.5 Å². The number of amides is 2. The van der Waals surface area contributed by atoms with Crippen molar-refractivity contribution in [3.05, 3.63) is 64.2 Å². The van der Waals surface area contributed by atoms with E-state index in [0.29, 0.717) is 28.7 Å². The third-order valence-corrected chi connectivity index (χ3v) is 6.32. The van der Waals surface area contributed by atoms with Crippen molar-refractivity contribution in [3.8, 4) is 23.0 Å². The molecule has 2 aromatic carbocycles. The average molecular weight is 479 g/mol. The molecular formula is C25H26N4O4S. The number of ether oxygens (including phenoxy) is 3. The third-order valence-electron chi connectivity index (χ3n) is 5.37. The molecule has 0 unspecified atom stereocenters. The number of carbonyl (C=O) groups excluding carboxylic acids is 1. The number of aryl methyl sites for hydroxylation is 2. The molecule has 34 heavy (non-hydrogen) atoms. The van der Waals surface area contributed by atoms with Gasteiger partial charge in [-0.1, -0.05) is 0 Å². The van der Waals surface area contributed by atoms with Crippen LogP contribution in [0, 0.1) is 13.8 Å². The van der Waals surface area contributed by atoms with Crippen LogP contribution in [0.5, 0.6) is 23.0 Å². The normalized spacial score (nSPS) is 11.7. The molecule has 0 radical (unpaired) electrons. The van der Waals surface area contributed by atoms with Gasteiger partial charge in [0.05, 0.1) is 25.8 Å². The van der Waals surface area contributed by atoms with E-state index in [-0.39, 0.29) is 12.1 Å². The number of methoxy groups -OCH3 is 2. The van der Waals surface area contributed by atoms with E-state index in [1.54, 1.807) is 26.6 Å². The smallest absolute Gasteiger partial charge is 0.319 e. The fourth-order valence-electron chi connectivity index (χ4n) is 3.55. The molecule has 2 heterocycles. The van der Waals surface area contributed by atoms with E-state index < -0.39 is 0 Å². The minimum Gasteiger partial charge on any atom is -0.493 e. The molecule has 1 atom stereocenters. The second-order valence-corrected chi connectivity index (χ2v) is 8.68. The first kappa shape index (κ1) is 23.3. The van der Waals surface area contributed by atoms with E-state index in [1.807, 2.05) is 56.5 Å². The maximum atomic E-state index is 12.5. The van der Waals surface area contributed by atoms with Crippen LogP contribution < -0.4 is 24.8 Å². The van der Waals surface area contributed by atoms with E-state index in [2.05, 4.69) is 20.6 Å². The number of hydrogen-bond donors (Lipinski definition) is 2. The first-order chi connectivity index (χ1) is 16.4. The van der Waals surface area contributed by atoms with Gasteiger partial charge in [0.15, 0.2) is 11.5 Å². The van der Waals surface area contributed by atoms with Crippen LogP contribution in [0.25, 0.3) is 10.9 Å². The van der Waals surface area contributed by atoms with Gasteiger partial charge in [-0.15, -0.1) is 11.3 Å². The summed E-state index contributed by atoms with van der Waals surface area (Å²) in [4.78, 5) is 21.2. The molecule has 8 nitrogen and oxygen atoms in total. The molecule has 0 aliphatic carbocycles. The summed E-state index contributed by atoms with van der Waals surface area (Å²) in [5, 5.41) is 9.37. The summed E-state index contributed by atoms with van der Waals surface area (Å²) in [6.07, 6.45) is 3.41. The summed E-state index contributed by atoms with van der Waals surface area (Å²) < 4.78 is 17.1. The number of aromatic nitrogens is 2. The lowest BCUT2D eigenvalue weighted by Crippen LogP contribution is -2.31. The minimum atomic E-state index is -0.292. The molecule has 0 bridgehead atoms. The van der Waals surface area contributed by atoms with Crippen LogP contribution in [-0.2, 0) is 0 Å². The summed E-state index contributed by atoms with van der Waals surface area (Å²) in [7, 11) is 3.18. The van der Waals surface area contributed by atoms with Crippen molar-refractivity contribution in [2.75, 3.05) is 19.5 Å². The number of benzene rings is 2. The Morgan fingerprint density at radius 2 is 1.71 bits per heavy atom. The van der Waals surface area contributed by atoms with Crippen LogP contribution in [0.15, 0.2) is 48.1 Å². The van der Waals surface area contributed by atoms with Crippen LogP contribution in [0.2, 0.25) is 0 Å². The van der Waals surface area contributed by atoms with Crippen LogP contribution in [0.1, 0.15) is 29.1 Å². The van der Waals surface area contributed by atoms with E-state index in [1.165, 1.54) is 11.3 Å². The molecule has 2 amide bonds. The molecule has 0 aliphatic rings. The highest BCUT2D eigenvalue weighted by molar-refractivity contribution is 7.09. The predicted molar refractivity (Wildman–Crippen MR) is 134 cm³/mol. The molecule has 4 rings (SSSR count). The molecule has 0 saturated heterocycles. The molecule has 0 spiro atoms. The zero-order valence-electron chi connectivity index (χ0n) is 19.6. The number of urea groups is 1. The van der Waals surface area contributed by atoms with Gasteiger partial charge >= 0.3 is 6.03 Å². The summed E-state index contributed by atoms with van der Waals surface area (Å²) >= 11 is 1.50. The van der Waals surface area contributed by atoms with Gasteiger partial charge in [-0.05, 0) is 56.2 Å². The van der Waals surface area contributed by atoms with Crippen molar-refractivity contribution in [1.82, 2.24) is 15.3 Å². The number of rotatable bonds is 7.